The molecule has 4 nitrogen and oxygen atoms in total. The van der Waals surface area contributed by atoms with Crippen molar-refractivity contribution in [1.29, 1.82) is 0 Å². The molecule has 0 N–H and O–H groups in total. The van der Waals surface area contributed by atoms with E-state index in [2.05, 4.69) is 0 Å². The van der Waals surface area contributed by atoms with E-state index in [-0.39, 0.29) is 12.0 Å². The fourth-order valence-electron chi connectivity index (χ4n) is 1.76. The summed E-state index contributed by atoms with van der Waals surface area (Å²) in [4.78, 5) is 21.9. The summed E-state index contributed by atoms with van der Waals surface area (Å²) < 4.78 is 9.88. The van der Waals surface area contributed by atoms with Crippen LogP contribution in [0.2, 0.25) is 0 Å². The smallest absolute Gasteiger partial charge is 0.348 e. The number of carbonyl (C=O) groups is 2. The second-order valence-electron chi connectivity index (χ2n) is 3.26. The molecule has 3 unspecified atom stereocenters. The minimum Gasteiger partial charge on any atom is -0.455 e. The summed E-state index contributed by atoms with van der Waals surface area (Å²) in [6.45, 7) is 1.29. The molecule has 1 fully saturated rings. The summed E-state index contributed by atoms with van der Waals surface area (Å²) in [7, 11) is 0. The van der Waals surface area contributed by atoms with Crippen LogP contribution in [-0.4, -0.2) is 24.1 Å². The van der Waals surface area contributed by atoms with Crippen molar-refractivity contribution < 1.29 is 19.1 Å². The lowest BCUT2D eigenvalue weighted by molar-refractivity contribution is -0.160. The van der Waals surface area contributed by atoms with Gasteiger partial charge < -0.3 is 9.47 Å². The maximum atomic E-state index is 11.2. The highest BCUT2D eigenvalue weighted by Crippen LogP contribution is 2.33. The summed E-state index contributed by atoms with van der Waals surface area (Å²) in [5, 5.41) is 0. The van der Waals surface area contributed by atoms with Gasteiger partial charge in [-0.3, -0.25) is 4.79 Å². The van der Waals surface area contributed by atoms with Crippen LogP contribution in [0, 0.1) is 5.92 Å². The van der Waals surface area contributed by atoms with Crippen molar-refractivity contribution in [3.63, 3.8) is 0 Å². The van der Waals surface area contributed by atoms with Gasteiger partial charge in [-0.1, -0.05) is 6.08 Å². The molecule has 1 saturated heterocycles. The van der Waals surface area contributed by atoms with E-state index >= 15 is 0 Å². The second-order valence-corrected chi connectivity index (χ2v) is 3.26. The van der Waals surface area contributed by atoms with E-state index in [1.807, 2.05) is 12.2 Å². The molecule has 13 heavy (non-hydrogen) atoms. The molecule has 2 rings (SSSR count). The first-order valence-corrected chi connectivity index (χ1v) is 4.23. The van der Waals surface area contributed by atoms with Crippen LogP contribution >= 0.6 is 0 Å². The predicted octanol–water partition coefficient (Wildman–Crippen LogP) is 0.420. The monoisotopic (exact) mass is 182 g/mol. The van der Waals surface area contributed by atoms with E-state index in [0.717, 1.165) is 6.42 Å². The third kappa shape index (κ3) is 1.32. The van der Waals surface area contributed by atoms with Crippen LogP contribution in [0.4, 0.5) is 0 Å². The van der Waals surface area contributed by atoms with Crippen molar-refractivity contribution in [2.45, 2.75) is 25.6 Å². The molecule has 0 spiro atoms. The Morgan fingerprint density at radius 3 is 3.15 bits per heavy atom. The van der Waals surface area contributed by atoms with E-state index in [4.69, 9.17) is 9.47 Å². The highest BCUT2D eigenvalue weighted by atomic mass is 16.6. The van der Waals surface area contributed by atoms with Crippen LogP contribution in [-0.2, 0) is 19.1 Å². The summed E-state index contributed by atoms with van der Waals surface area (Å²) in [5.41, 5.74) is 0. The number of hydrogen-bond acceptors (Lipinski definition) is 4. The SMILES string of the molecule is CC(=O)OC1C(=O)OC2C=CCC21. The van der Waals surface area contributed by atoms with E-state index in [1.54, 1.807) is 0 Å². The Morgan fingerprint density at radius 1 is 1.69 bits per heavy atom. The first kappa shape index (κ1) is 8.29. The predicted molar refractivity (Wildman–Crippen MR) is 42.7 cm³/mol. The van der Waals surface area contributed by atoms with Crippen LogP contribution in [0.25, 0.3) is 0 Å². The molecule has 0 amide bonds. The number of ether oxygens (including phenoxy) is 2. The Kier molecular flexibility index (Phi) is 1.83. The van der Waals surface area contributed by atoms with Gasteiger partial charge in [0, 0.05) is 6.92 Å². The maximum absolute atomic E-state index is 11.2. The minimum absolute atomic E-state index is 0.00333. The van der Waals surface area contributed by atoms with Crippen molar-refractivity contribution in [2.24, 2.45) is 5.92 Å². The molecule has 4 heteroatoms. The van der Waals surface area contributed by atoms with Crippen molar-refractivity contribution in [3.8, 4) is 0 Å². The fraction of sp³-hybridized carbons (Fsp3) is 0.556. The van der Waals surface area contributed by atoms with Gasteiger partial charge in [-0.25, -0.2) is 4.79 Å². The van der Waals surface area contributed by atoms with Gasteiger partial charge in [0.2, 0.25) is 6.10 Å². The molecule has 0 aromatic rings. The van der Waals surface area contributed by atoms with Crippen LogP contribution in [0.1, 0.15) is 13.3 Å². The Labute approximate surface area is 75.5 Å². The van der Waals surface area contributed by atoms with Crippen LogP contribution in [0.3, 0.4) is 0 Å². The number of esters is 2. The van der Waals surface area contributed by atoms with Gasteiger partial charge in [-0.2, -0.15) is 0 Å². The van der Waals surface area contributed by atoms with Crippen molar-refractivity contribution in [1.82, 2.24) is 0 Å². The van der Waals surface area contributed by atoms with Gasteiger partial charge in [0.15, 0.2) is 0 Å². The highest BCUT2D eigenvalue weighted by Gasteiger charge is 2.47. The van der Waals surface area contributed by atoms with E-state index < -0.39 is 18.0 Å². The summed E-state index contributed by atoms with van der Waals surface area (Å²) in [5.74, 6) is -0.861. The topological polar surface area (TPSA) is 52.6 Å². The van der Waals surface area contributed by atoms with Gasteiger partial charge in [0.05, 0.1) is 5.92 Å². The average Bonchev–Trinajstić information content (AvgIpc) is 2.55. The lowest BCUT2D eigenvalue weighted by atomic mass is 10.0. The van der Waals surface area contributed by atoms with Crippen LogP contribution in [0.5, 0.6) is 0 Å². The number of hydrogen-bond donors (Lipinski definition) is 0. The molecule has 2 aliphatic rings. The Hall–Kier alpha value is -1.32. The lowest BCUT2D eigenvalue weighted by Crippen LogP contribution is -2.28. The number of allylic oxidation sites excluding steroid dienone is 1. The van der Waals surface area contributed by atoms with Crippen LogP contribution in [0.15, 0.2) is 12.2 Å². The van der Waals surface area contributed by atoms with Crippen molar-refractivity contribution in [2.75, 3.05) is 0 Å². The Balaban J connectivity index is 2.10. The normalized spacial score (nSPS) is 35.8. The first-order valence-electron chi connectivity index (χ1n) is 4.23. The van der Waals surface area contributed by atoms with E-state index in [0.29, 0.717) is 0 Å². The molecule has 1 heterocycles. The third-order valence-electron chi connectivity index (χ3n) is 2.32. The van der Waals surface area contributed by atoms with Crippen LogP contribution < -0.4 is 0 Å². The lowest BCUT2D eigenvalue weighted by Gasteiger charge is -2.12. The Morgan fingerprint density at radius 2 is 2.46 bits per heavy atom. The zero-order valence-electron chi connectivity index (χ0n) is 7.23. The summed E-state index contributed by atoms with van der Waals surface area (Å²) in [6, 6.07) is 0. The van der Waals surface area contributed by atoms with Gasteiger partial charge in [-0.15, -0.1) is 0 Å². The Bertz CT molecular complexity index is 281. The highest BCUT2D eigenvalue weighted by molar-refractivity contribution is 5.81. The largest absolute Gasteiger partial charge is 0.455 e. The molecule has 1 aliphatic carbocycles. The molecular formula is C9H10O4. The standard InChI is InChI=1S/C9H10O4/c1-5(10)12-8-6-3-2-4-7(6)13-9(8)11/h2,4,6-8H,3H2,1H3. The van der Waals surface area contributed by atoms with Gasteiger partial charge in [-0.05, 0) is 12.5 Å². The van der Waals surface area contributed by atoms with Gasteiger partial charge in [0.25, 0.3) is 0 Å². The molecule has 3 atom stereocenters. The maximum Gasteiger partial charge on any atom is 0.348 e. The molecule has 0 saturated carbocycles. The molecule has 0 aromatic heterocycles. The zero-order chi connectivity index (χ0) is 9.42. The molecule has 0 aromatic carbocycles. The molecule has 1 aliphatic heterocycles. The van der Waals surface area contributed by atoms with Gasteiger partial charge >= 0.3 is 11.9 Å². The quantitative estimate of drug-likeness (QED) is 0.435. The molecular weight excluding hydrogens is 172 g/mol. The summed E-state index contributed by atoms with van der Waals surface area (Å²) >= 11 is 0. The number of fused-ring (bicyclic) bond motifs is 1. The molecule has 0 radical (unpaired) electrons. The van der Waals surface area contributed by atoms with Crippen molar-refractivity contribution >= 4 is 11.9 Å². The molecule has 0 bridgehead atoms. The zero-order valence-corrected chi connectivity index (χ0v) is 7.23. The third-order valence-corrected chi connectivity index (χ3v) is 2.32. The fourth-order valence-corrected chi connectivity index (χ4v) is 1.76. The summed E-state index contributed by atoms with van der Waals surface area (Å²) in [6.07, 6.45) is 3.65. The minimum atomic E-state index is -0.697. The first-order chi connectivity index (χ1) is 6.18. The van der Waals surface area contributed by atoms with E-state index in [9.17, 15) is 9.59 Å². The number of carbonyl (C=O) groups excluding carboxylic acids is 2. The van der Waals surface area contributed by atoms with Gasteiger partial charge in [0.1, 0.15) is 6.10 Å². The number of rotatable bonds is 1. The van der Waals surface area contributed by atoms with Crippen molar-refractivity contribution in [3.05, 3.63) is 12.2 Å². The second kappa shape index (κ2) is 2.87. The van der Waals surface area contributed by atoms with E-state index in [1.165, 1.54) is 6.92 Å². The average molecular weight is 182 g/mol. The molecule has 70 valence electrons.